The first-order valence-electron chi connectivity index (χ1n) is 10.3. The second-order valence-electron chi connectivity index (χ2n) is 7.71. The van der Waals surface area contributed by atoms with Crippen LogP contribution in [0.1, 0.15) is 33.1 Å². The number of nitrogens with zero attached hydrogens (tertiary/aromatic N) is 4. The summed E-state index contributed by atoms with van der Waals surface area (Å²) in [7, 11) is 0. The van der Waals surface area contributed by atoms with Crippen LogP contribution in [0.5, 0.6) is 0 Å². The zero-order chi connectivity index (χ0) is 20.9. The van der Waals surface area contributed by atoms with E-state index < -0.39 is 0 Å². The standard InChI is InChI=1S/C23H26FN5O/c1-17-2-6-19(7-3-17)23(30)25-12-10-21-26-27-22-11-13-28(14-15-29(21)22)16-18-4-8-20(24)9-5-18/h2-9H,10-16H2,1H3,(H,25,30). The summed E-state index contributed by atoms with van der Waals surface area (Å²) in [6.45, 7) is 5.89. The van der Waals surface area contributed by atoms with Gasteiger partial charge in [0.1, 0.15) is 17.5 Å². The van der Waals surface area contributed by atoms with Gasteiger partial charge >= 0.3 is 0 Å². The number of benzene rings is 2. The number of carbonyl (C=O) groups is 1. The largest absolute Gasteiger partial charge is 0.352 e. The number of nitrogens with one attached hydrogen (secondary N) is 1. The van der Waals surface area contributed by atoms with Crippen LogP contribution in [-0.2, 0) is 25.9 Å². The van der Waals surface area contributed by atoms with Gasteiger partial charge in [0.25, 0.3) is 5.91 Å². The molecule has 2 aromatic carbocycles. The van der Waals surface area contributed by atoms with Crippen LogP contribution in [0.25, 0.3) is 0 Å². The Morgan fingerprint density at radius 2 is 1.80 bits per heavy atom. The molecule has 30 heavy (non-hydrogen) atoms. The molecule has 0 atom stereocenters. The number of fused-ring (bicyclic) bond motifs is 1. The fraction of sp³-hybridized carbons (Fsp3) is 0.348. The second kappa shape index (κ2) is 9.17. The predicted molar refractivity (Wildman–Crippen MR) is 113 cm³/mol. The number of hydrogen-bond donors (Lipinski definition) is 1. The molecular weight excluding hydrogens is 381 g/mol. The van der Waals surface area contributed by atoms with Crippen molar-refractivity contribution < 1.29 is 9.18 Å². The van der Waals surface area contributed by atoms with E-state index in [1.54, 1.807) is 0 Å². The predicted octanol–water partition coefficient (Wildman–Crippen LogP) is 2.76. The van der Waals surface area contributed by atoms with E-state index in [1.807, 2.05) is 43.3 Å². The van der Waals surface area contributed by atoms with Crippen molar-refractivity contribution in [3.8, 4) is 0 Å². The van der Waals surface area contributed by atoms with E-state index in [9.17, 15) is 9.18 Å². The van der Waals surface area contributed by atoms with Gasteiger partial charge in [-0.2, -0.15) is 0 Å². The molecule has 0 bridgehead atoms. The zero-order valence-electron chi connectivity index (χ0n) is 17.1. The molecule has 1 aliphatic heterocycles. The van der Waals surface area contributed by atoms with Gasteiger partial charge in [-0.1, -0.05) is 29.8 Å². The minimum absolute atomic E-state index is 0.0731. The number of carbonyl (C=O) groups excluding carboxylic acids is 1. The maximum atomic E-state index is 13.1. The van der Waals surface area contributed by atoms with Crippen LogP contribution in [-0.4, -0.2) is 45.2 Å². The molecule has 1 N–H and O–H groups in total. The molecule has 1 aliphatic rings. The number of halogens is 1. The summed E-state index contributed by atoms with van der Waals surface area (Å²) >= 11 is 0. The molecule has 7 heteroatoms. The van der Waals surface area contributed by atoms with Gasteiger partial charge in [-0.3, -0.25) is 9.69 Å². The van der Waals surface area contributed by atoms with Gasteiger partial charge in [0, 0.05) is 51.1 Å². The minimum Gasteiger partial charge on any atom is -0.352 e. The molecule has 1 aromatic heterocycles. The van der Waals surface area contributed by atoms with Crippen molar-refractivity contribution >= 4 is 5.91 Å². The van der Waals surface area contributed by atoms with Crippen molar-refractivity contribution in [1.29, 1.82) is 0 Å². The molecule has 0 fully saturated rings. The molecule has 2 heterocycles. The van der Waals surface area contributed by atoms with Gasteiger partial charge < -0.3 is 9.88 Å². The molecular formula is C23H26FN5O. The van der Waals surface area contributed by atoms with Crippen molar-refractivity contribution in [2.75, 3.05) is 19.6 Å². The number of rotatable bonds is 6. The van der Waals surface area contributed by atoms with E-state index in [2.05, 4.69) is 25.0 Å². The van der Waals surface area contributed by atoms with E-state index in [-0.39, 0.29) is 11.7 Å². The first-order valence-corrected chi connectivity index (χ1v) is 10.3. The maximum absolute atomic E-state index is 13.1. The van der Waals surface area contributed by atoms with E-state index in [0.29, 0.717) is 18.5 Å². The molecule has 0 spiro atoms. The fourth-order valence-corrected chi connectivity index (χ4v) is 3.71. The van der Waals surface area contributed by atoms with Gasteiger partial charge in [0.15, 0.2) is 0 Å². The number of amides is 1. The van der Waals surface area contributed by atoms with Crippen molar-refractivity contribution in [1.82, 2.24) is 25.0 Å². The Balaban J connectivity index is 1.31. The highest BCUT2D eigenvalue weighted by Crippen LogP contribution is 2.13. The molecule has 0 aliphatic carbocycles. The molecule has 0 saturated carbocycles. The van der Waals surface area contributed by atoms with Crippen LogP contribution in [0.2, 0.25) is 0 Å². The summed E-state index contributed by atoms with van der Waals surface area (Å²) in [4.78, 5) is 14.6. The number of aryl methyl sites for hydroxylation is 1. The molecule has 156 valence electrons. The third kappa shape index (κ3) is 4.91. The fourth-order valence-electron chi connectivity index (χ4n) is 3.71. The zero-order valence-corrected chi connectivity index (χ0v) is 17.1. The molecule has 1 amide bonds. The topological polar surface area (TPSA) is 63.1 Å². The van der Waals surface area contributed by atoms with E-state index >= 15 is 0 Å². The van der Waals surface area contributed by atoms with Crippen molar-refractivity contribution in [2.24, 2.45) is 0 Å². The lowest BCUT2D eigenvalue weighted by Crippen LogP contribution is -2.28. The molecule has 6 nitrogen and oxygen atoms in total. The third-order valence-corrected chi connectivity index (χ3v) is 5.46. The normalized spacial score (nSPS) is 14.2. The van der Waals surface area contributed by atoms with Gasteiger partial charge in [0.2, 0.25) is 0 Å². The summed E-state index contributed by atoms with van der Waals surface area (Å²) in [6, 6.07) is 14.2. The molecule has 0 radical (unpaired) electrons. The molecule has 3 aromatic rings. The average molecular weight is 407 g/mol. The highest BCUT2D eigenvalue weighted by Gasteiger charge is 2.19. The van der Waals surface area contributed by atoms with Crippen LogP contribution in [0.15, 0.2) is 48.5 Å². The first kappa shape index (κ1) is 20.2. The Morgan fingerprint density at radius 1 is 1.03 bits per heavy atom. The first-order chi connectivity index (χ1) is 14.6. The van der Waals surface area contributed by atoms with Crippen LogP contribution in [0.3, 0.4) is 0 Å². The minimum atomic E-state index is -0.208. The van der Waals surface area contributed by atoms with Crippen LogP contribution < -0.4 is 5.32 Å². The van der Waals surface area contributed by atoms with E-state index in [1.165, 1.54) is 12.1 Å². The lowest BCUT2D eigenvalue weighted by Gasteiger charge is -2.19. The summed E-state index contributed by atoms with van der Waals surface area (Å²) in [5, 5.41) is 11.7. The van der Waals surface area contributed by atoms with Crippen LogP contribution in [0.4, 0.5) is 4.39 Å². The Labute approximate surface area is 175 Å². The average Bonchev–Trinajstić information content (AvgIpc) is 3.02. The maximum Gasteiger partial charge on any atom is 0.251 e. The van der Waals surface area contributed by atoms with E-state index in [4.69, 9.17) is 0 Å². The third-order valence-electron chi connectivity index (χ3n) is 5.46. The van der Waals surface area contributed by atoms with Gasteiger partial charge in [0.05, 0.1) is 0 Å². The summed E-state index contributed by atoms with van der Waals surface area (Å²) in [5.41, 5.74) is 2.90. The molecule has 0 saturated heterocycles. The Hall–Kier alpha value is -3.06. The van der Waals surface area contributed by atoms with Gasteiger partial charge in [-0.05, 0) is 36.8 Å². The monoisotopic (exact) mass is 407 g/mol. The van der Waals surface area contributed by atoms with Gasteiger partial charge in [-0.25, -0.2) is 4.39 Å². The Morgan fingerprint density at radius 3 is 2.57 bits per heavy atom. The van der Waals surface area contributed by atoms with Crippen molar-refractivity contribution in [2.45, 2.75) is 32.9 Å². The number of aromatic nitrogens is 3. The summed E-state index contributed by atoms with van der Waals surface area (Å²) < 4.78 is 15.3. The molecule has 4 rings (SSSR count). The van der Waals surface area contributed by atoms with Crippen molar-refractivity contribution in [3.63, 3.8) is 0 Å². The van der Waals surface area contributed by atoms with Crippen molar-refractivity contribution in [3.05, 3.63) is 82.7 Å². The second-order valence-corrected chi connectivity index (χ2v) is 7.71. The lowest BCUT2D eigenvalue weighted by molar-refractivity contribution is 0.0954. The SMILES string of the molecule is Cc1ccc(C(=O)NCCc2nnc3n2CCN(Cc2ccc(F)cc2)CC3)cc1. The quantitative estimate of drug-likeness (QED) is 0.683. The van der Waals surface area contributed by atoms with Crippen LogP contribution in [0, 0.1) is 12.7 Å². The Bertz CT molecular complexity index is 997. The summed E-state index contributed by atoms with van der Waals surface area (Å²) in [6.07, 6.45) is 1.46. The smallest absolute Gasteiger partial charge is 0.251 e. The number of hydrogen-bond acceptors (Lipinski definition) is 4. The lowest BCUT2D eigenvalue weighted by atomic mass is 10.1. The highest BCUT2D eigenvalue weighted by atomic mass is 19.1. The molecule has 0 unspecified atom stereocenters. The Kier molecular flexibility index (Phi) is 6.18. The van der Waals surface area contributed by atoms with Gasteiger partial charge in [-0.15, -0.1) is 10.2 Å². The highest BCUT2D eigenvalue weighted by molar-refractivity contribution is 5.94. The summed E-state index contributed by atoms with van der Waals surface area (Å²) in [5.74, 6) is 1.60. The van der Waals surface area contributed by atoms with Crippen LogP contribution >= 0.6 is 0 Å². The van der Waals surface area contributed by atoms with E-state index in [0.717, 1.165) is 55.4 Å².